The van der Waals surface area contributed by atoms with Gasteiger partial charge in [0.15, 0.2) is 11.7 Å². The maximum absolute atomic E-state index is 12.4. The number of hydrogen-bond donors (Lipinski definition) is 1. The van der Waals surface area contributed by atoms with Gasteiger partial charge in [-0.05, 0) is 13.8 Å². The van der Waals surface area contributed by atoms with E-state index in [4.69, 9.17) is 4.74 Å². The Morgan fingerprint density at radius 1 is 1.33 bits per heavy atom. The number of carbonyl (C=O) groups excluding carboxylic acids is 2. The molecule has 1 fully saturated rings. The number of hydrogen-bond acceptors (Lipinski definition) is 5. The van der Waals surface area contributed by atoms with Gasteiger partial charge in [0, 0.05) is 13.1 Å². The van der Waals surface area contributed by atoms with Crippen LogP contribution in [0.15, 0.2) is 0 Å². The Bertz CT molecular complexity index is 391. The molecule has 6 nitrogen and oxygen atoms in total. The van der Waals surface area contributed by atoms with Gasteiger partial charge in [0.2, 0.25) is 0 Å². The smallest absolute Gasteiger partial charge is 0.417 e. The Kier molecular flexibility index (Phi) is 5.57. The van der Waals surface area contributed by atoms with Crippen molar-refractivity contribution in [1.29, 1.82) is 0 Å². The summed E-state index contributed by atoms with van der Waals surface area (Å²) in [7, 11) is 0. The van der Waals surface area contributed by atoms with Crippen LogP contribution in [0.5, 0.6) is 0 Å². The molecule has 9 heteroatoms. The van der Waals surface area contributed by atoms with Crippen molar-refractivity contribution in [2.45, 2.75) is 38.1 Å². The van der Waals surface area contributed by atoms with Gasteiger partial charge in [-0.15, -0.1) is 0 Å². The van der Waals surface area contributed by atoms with Crippen LogP contribution in [0.25, 0.3) is 0 Å². The molecule has 0 unspecified atom stereocenters. The summed E-state index contributed by atoms with van der Waals surface area (Å²) in [4.78, 5) is 24.7. The zero-order chi connectivity index (χ0) is 16.3. The highest BCUT2D eigenvalue weighted by atomic mass is 19.4. The zero-order valence-corrected chi connectivity index (χ0v) is 11.8. The second-order valence-electron chi connectivity index (χ2n) is 5.02. The second-order valence-corrected chi connectivity index (χ2v) is 5.02. The minimum atomic E-state index is -4.95. The molecule has 1 N–H and O–H groups in total. The number of carbonyl (C=O) groups is 2. The van der Waals surface area contributed by atoms with Crippen LogP contribution in [-0.4, -0.2) is 66.1 Å². The lowest BCUT2D eigenvalue weighted by atomic mass is 10.0. The van der Waals surface area contributed by atoms with Crippen LogP contribution in [0.2, 0.25) is 0 Å². The van der Waals surface area contributed by atoms with E-state index in [0.29, 0.717) is 33.2 Å². The maximum atomic E-state index is 12.4. The van der Waals surface area contributed by atoms with Gasteiger partial charge in [-0.1, -0.05) is 0 Å². The molecule has 1 aliphatic heterocycles. The first-order valence-electron chi connectivity index (χ1n) is 6.40. The third-order valence-electron chi connectivity index (χ3n) is 3.08. The Hall–Kier alpha value is -1.35. The van der Waals surface area contributed by atoms with Crippen molar-refractivity contribution in [1.82, 2.24) is 4.90 Å². The van der Waals surface area contributed by atoms with Gasteiger partial charge in [-0.3, -0.25) is 9.59 Å². The van der Waals surface area contributed by atoms with Crippen molar-refractivity contribution < 1.29 is 37.3 Å². The number of rotatable bonds is 4. The molecule has 122 valence electrons. The number of aliphatic hydroxyl groups is 1. The largest absolute Gasteiger partial charge is 0.452 e. The second kappa shape index (κ2) is 6.61. The molecular formula is C12H18F3NO5. The van der Waals surface area contributed by atoms with E-state index in [9.17, 15) is 27.9 Å². The van der Waals surface area contributed by atoms with E-state index in [0.717, 1.165) is 0 Å². The normalized spacial score (nSPS) is 20.6. The fourth-order valence-corrected chi connectivity index (χ4v) is 1.71. The van der Waals surface area contributed by atoms with E-state index in [-0.39, 0.29) is 0 Å². The first-order chi connectivity index (χ1) is 9.54. The van der Waals surface area contributed by atoms with Crippen LogP contribution in [0.1, 0.15) is 20.3 Å². The van der Waals surface area contributed by atoms with Gasteiger partial charge in [0.05, 0.1) is 19.6 Å². The number of amides is 1. The standard InChI is InChI=1S/C12H18F3NO5/c1-8(10(18)16-3-5-20-6-4-16)21-9(17)7-11(2,19)12(13,14)15/h8,19H,3-7H2,1-2H3/t8-,11-/m0/s1. The van der Waals surface area contributed by atoms with Crippen LogP contribution in [0.4, 0.5) is 13.2 Å². The molecule has 1 saturated heterocycles. The molecule has 1 heterocycles. The summed E-state index contributed by atoms with van der Waals surface area (Å²) in [6.45, 7) is 3.13. The molecule has 21 heavy (non-hydrogen) atoms. The van der Waals surface area contributed by atoms with Gasteiger partial charge in [-0.2, -0.15) is 13.2 Å². The van der Waals surface area contributed by atoms with E-state index >= 15 is 0 Å². The molecule has 0 spiro atoms. The summed E-state index contributed by atoms with van der Waals surface area (Å²) in [6, 6.07) is 0. The summed E-state index contributed by atoms with van der Waals surface area (Å²) in [5.41, 5.74) is -3.19. The number of ether oxygens (including phenoxy) is 2. The molecule has 0 bridgehead atoms. The van der Waals surface area contributed by atoms with Crippen molar-refractivity contribution >= 4 is 11.9 Å². The Morgan fingerprint density at radius 2 is 1.86 bits per heavy atom. The van der Waals surface area contributed by atoms with Crippen molar-refractivity contribution in [3.8, 4) is 0 Å². The Morgan fingerprint density at radius 3 is 2.33 bits per heavy atom. The van der Waals surface area contributed by atoms with Crippen LogP contribution in [-0.2, 0) is 19.1 Å². The Labute approximate surface area is 119 Å². The van der Waals surface area contributed by atoms with Crippen molar-refractivity contribution in [3.05, 3.63) is 0 Å². The summed E-state index contributed by atoms with van der Waals surface area (Å²) < 4.78 is 47.0. The van der Waals surface area contributed by atoms with Crippen LogP contribution >= 0.6 is 0 Å². The average molecular weight is 313 g/mol. The first kappa shape index (κ1) is 17.7. The van der Waals surface area contributed by atoms with Crippen LogP contribution in [0.3, 0.4) is 0 Å². The van der Waals surface area contributed by atoms with Gasteiger partial charge in [0.1, 0.15) is 0 Å². The van der Waals surface area contributed by atoms with Gasteiger partial charge < -0.3 is 19.5 Å². The highest BCUT2D eigenvalue weighted by Crippen LogP contribution is 2.32. The summed E-state index contributed by atoms with van der Waals surface area (Å²) in [5, 5.41) is 9.18. The first-order valence-corrected chi connectivity index (χ1v) is 6.40. The van der Waals surface area contributed by atoms with Gasteiger partial charge >= 0.3 is 12.1 Å². The number of nitrogens with zero attached hydrogens (tertiary/aromatic N) is 1. The van der Waals surface area contributed by atoms with E-state index in [1.807, 2.05) is 0 Å². The van der Waals surface area contributed by atoms with Crippen molar-refractivity contribution in [2.24, 2.45) is 0 Å². The van der Waals surface area contributed by atoms with Gasteiger partial charge in [-0.25, -0.2) is 0 Å². The monoisotopic (exact) mass is 313 g/mol. The molecular weight excluding hydrogens is 295 g/mol. The predicted octanol–water partition coefficient (Wildman–Crippen LogP) is 0.480. The maximum Gasteiger partial charge on any atom is 0.417 e. The lowest BCUT2D eigenvalue weighted by Crippen LogP contribution is -2.47. The van der Waals surface area contributed by atoms with E-state index < -0.39 is 36.2 Å². The zero-order valence-electron chi connectivity index (χ0n) is 11.8. The molecule has 0 radical (unpaired) electrons. The molecule has 0 aromatic heterocycles. The van der Waals surface area contributed by atoms with E-state index in [1.165, 1.54) is 11.8 Å². The van der Waals surface area contributed by atoms with Crippen LogP contribution < -0.4 is 0 Å². The fourth-order valence-electron chi connectivity index (χ4n) is 1.71. The summed E-state index contributed by atoms with van der Waals surface area (Å²) in [6.07, 6.45) is -7.43. The molecule has 2 atom stereocenters. The third kappa shape index (κ3) is 4.85. The average Bonchev–Trinajstić information content (AvgIpc) is 2.36. The van der Waals surface area contributed by atoms with Crippen molar-refractivity contribution in [3.63, 3.8) is 0 Å². The summed E-state index contributed by atoms with van der Waals surface area (Å²) in [5.74, 6) is -1.79. The topological polar surface area (TPSA) is 76.1 Å². The number of morpholine rings is 1. The highest BCUT2D eigenvalue weighted by Gasteiger charge is 2.51. The minimum Gasteiger partial charge on any atom is -0.452 e. The van der Waals surface area contributed by atoms with Gasteiger partial charge in [0.25, 0.3) is 5.91 Å². The quantitative estimate of drug-likeness (QED) is 0.764. The number of esters is 1. The van der Waals surface area contributed by atoms with E-state index in [2.05, 4.69) is 4.74 Å². The predicted molar refractivity (Wildman–Crippen MR) is 64.2 cm³/mol. The molecule has 1 aliphatic rings. The lowest BCUT2D eigenvalue weighted by Gasteiger charge is -2.29. The Balaban J connectivity index is 2.52. The number of alkyl halides is 3. The molecule has 0 aromatic rings. The fraction of sp³-hybridized carbons (Fsp3) is 0.833. The third-order valence-corrected chi connectivity index (χ3v) is 3.08. The molecule has 1 amide bonds. The SMILES string of the molecule is C[C@H](OC(=O)C[C@](C)(O)C(F)(F)F)C(=O)N1CCOCC1. The molecule has 0 aromatic carbocycles. The van der Waals surface area contributed by atoms with E-state index in [1.54, 1.807) is 0 Å². The lowest BCUT2D eigenvalue weighted by molar-refractivity contribution is -0.256. The highest BCUT2D eigenvalue weighted by molar-refractivity contribution is 5.83. The van der Waals surface area contributed by atoms with Crippen molar-refractivity contribution in [2.75, 3.05) is 26.3 Å². The van der Waals surface area contributed by atoms with Crippen LogP contribution in [0, 0.1) is 0 Å². The minimum absolute atomic E-state index is 0.334. The molecule has 0 aliphatic carbocycles. The summed E-state index contributed by atoms with van der Waals surface area (Å²) >= 11 is 0. The molecule has 1 rings (SSSR count). The number of halogens is 3. The molecule has 0 saturated carbocycles.